The minimum Gasteiger partial charge on any atom is -0.445 e. The van der Waals surface area contributed by atoms with Gasteiger partial charge in [-0.05, 0) is 6.42 Å². The summed E-state index contributed by atoms with van der Waals surface area (Å²) in [7, 11) is 0. The van der Waals surface area contributed by atoms with E-state index < -0.39 is 6.09 Å². The summed E-state index contributed by atoms with van der Waals surface area (Å²) in [6, 6.07) is 8.61. The SMILES string of the molecule is C=CCOC(=O)N1CCC1C(=O)c1ccccc1. The maximum absolute atomic E-state index is 12.1. The molecule has 1 aliphatic rings. The van der Waals surface area contributed by atoms with Crippen molar-refractivity contribution in [1.29, 1.82) is 0 Å². The number of likely N-dealkylation sites (tertiary alicyclic amines) is 1. The van der Waals surface area contributed by atoms with Gasteiger partial charge in [0.15, 0.2) is 5.78 Å². The molecule has 1 unspecified atom stereocenters. The fraction of sp³-hybridized carbons (Fsp3) is 0.286. The van der Waals surface area contributed by atoms with Crippen LogP contribution in [0.3, 0.4) is 0 Å². The molecular formula is C14H15NO3. The normalized spacial score (nSPS) is 17.8. The van der Waals surface area contributed by atoms with E-state index in [9.17, 15) is 9.59 Å². The first-order chi connectivity index (χ1) is 8.74. The van der Waals surface area contributed by atoms with Crippen molar-refractivity contribution in [2.45, 2.75) is 12.5 Å². The van der Waals surface area contributed by atoms with Crippen molar-refractivity contribution in [3.8, 4) is 0 Å². The average Bonchev–Trinajstić information content (AvgIpc) is 2.36. The number of ketones is 1. The molecule has 0 bridgehead atoms. The molecule has 1 heterocycles. The van der Waals surface area contributed by atoms with Crippen LogP contribution in [0.25, 0.3) is 0 Å². The van der Waals surface area contributed by atoms with Gasteiger partial charge in [0.05, 0.1) is 0 Å². The molecule has 1 fully saturated rings. The number of rotatable bonds is 4. The second kappa shape index (κ2) is 5.49. The van der Waals surface area contributed by atoms with Crippen LogP contribution in [0.1, 0.15) is 16.8 Å². The number of benzene rings is 1. The van der Waals surface area contributed by atoms with E-state index in [0.717, 1.165) is 0 Å². The van der Waals surface area contributed by atoms with Crippen LogP contribution in [0, 0.1) is 0 Å². The Labute approximate surface area is 106 Å². The lowest BCUT2D eigenvalue weighted by molar-refractivity contribution is 0.0449. The predicted octanol–water partition coefficient (Wildman–Crippen LogP) is 2.27. The molecule has 0 aliphatic carbocycles. The Morgan fingerprint density at radius 1 is 1.39 bits per heavy atom. The number of ether oxygens (including phenoxy) is 1. The van der Waals surface area contributed by atoms with E-state index in [0.29, 0.717) is 18.5 Å². The Kier molecular flexibility index (Phi) is 3.77. The maximum atomic E-state index is 12.1. The van der Waals surface area contributed by atoms with Crippen LogP contribution in [-0.4, -0.2) is 36.0 Å². The first-order valence-electron chi connectivity index (χ1n) is 5.87. The summed E-state index contributed by atoms with van der Waals surface area (Å²) in [4.78, 5) is 25.2. The van der Waals surface area contributed by atoms with Crippen molar-refractivity contribution in [3.63, 3.8) is 0 Å². The van der Waals surface area contributed by atoms with E-state index in [-0.39, 0.29) is 18.4 Å². The van der Waals surface area contributed by atoms with Gasteiger partial charge in [-0.15, -0.1) is 0 Å². The number of hydrogen-bond acceptors (Lipinski definition) is 3. The predicted molar refractivity (Wildman–Crippen MR) is 67.4 cm³/mol. The van der Waals surface area contributed by atoms with Gasteiger partial charge in [0.1, 0.15) is 12.6 Å². The fourth-order valence-corrected chi connectivity index (χ4v) is 1.89. The first kappa shape index (κ1) is 12.4. The monoisotopic (exact) mass is 245 g/mol. The van der Waals surface area contributed by atoms with Gasteiger partial charge in [0.2, 0.25) is 0 Å². The highest BCUT2D eigenvalue weighted by atomic mass is 16.6. The number of Topliss-reactive ketones (excluding diaryl/α,β-unsaturated/α-hetero) is 1. The number of amides is 1. The van der Waals surface area contributed by atoms with Crippen LogP contribution in [0.4, 0.5) is 4.79 Å². The molecule has 1 amide bonds. The molecule has 0 N–H and O–H groups in total. The van der Waals surface area contributed by atoms with Gasteiger partial charge in [-0.2, -0.15) is 0 Å². The van der Waals surface area contributed by atoms with Crippen LogP contribution in [-0.2, 0) is 4.74 Å². The lowest BCUT2D eigenvalue weighted by Crippen LogP contribution is -2.55. The maximum Gasteiger partial charge on any atom is 0.410 e. The summed E-state index contributed by atoms with van der Waals surface area (Å²) < 4.78 is 4.93. The van der Waals surface area contributed by atoms with Crippen molar-refractivity contribution in [2.24, 2.45) is 0 Å². The number of hydrogen-bond donors (Lipinski definition) is 0. The van der Waals surface area contributed by atoms with Gasteiger partial charge >= 0.3 is 6.09 Å². The molecule has 1 saturated heterocycles. The third kappa shape index (κ3) is 2.42. The molecule has 18 heavy (non-hydrogen) atoms. The third-order valence-corrected chi connectivity index (χ3v) is 2.94. The van der Waals surface area contributed by atoms with Gasteiger partial charge < -0.3 is 4.74 Å². The molecule has 0 radical (unpaired) electrons. The summed E-state index contributed by atoms with van der Waals surface area (Å²) in [5.74, 6) is -0.0302. The van der Waals surface area contributed by atoms with Gasteiger partial charge in [0.25, 0.3) is 0 Å². The van der Waals surface area contributed by atoms with Crippen molar-refractivity contribution in [2.75, 3.05) is 13.2 Å². The van der Waals surface area contributed by atoms with E-state index in [1.807, 2.05) is 18.2 Å². The highest BCUT2D eigenvalue weighted by Gasteiger charge is 2.38. The summed E-state index contributed by atoms with van der Waals surface area (Å²) >= 11 is 0. The summed E-state index contributed by atoms with van der Waals surface area (Å²) in [5, 5.41) is 0. The quantitative estimate of drug-likeness (QED) is 0.604. The Hall–Kier alpha value is -2.10. The lowest BCUT2D eigenvalue weighted by atomic mass is 9.94. The molecule has 2 rings (SSSR count). The largest absolute Gasteiger partial charge is 0.445 e. The standard InChI is InChI=1S/C14H15NO3/c1-2-10-18-14(17)15-9-8-12(15)13(16)11-6-4-3-5-7-11/h2-7,12H,1,8-10H2. The minimum atomic E-state index is -0.449. The van der Waals surface area contributed by atoms with E-state index in [1.54, 1.807) is 12.1 Å². The smallest absolute Gasteiger partial charge is 0.410 e. The van der Waals surface area contributed by atoms with Gasteiger partial charge in [0, 0.05) is 12.1 Å². The van der Waals surface area contributed by atoms with Crippen molar-refractivity contribution >= 4 is 11.9 Å². The minimum absolute atomic E-state index is 0.0302. The first-order valence-corrected chi connectivity index (χ1v) is 5.87. The fourth-order valence-electron chi connectivity index (χ4n) is 1.89. The molecular weight excluding hydrogens is 230 g/mol. The Morgan fingerprint density at radius 2 is 2.11 bits per heavy atom. The second-order valence-corrected chi connectivity index (χ2v) is 4.09. The molecule has 94 valence electrons. The summed E-state index contributed by atoms with van der Waals surface area (Å²) in [5.41, 5.74) is 0.628. The molecule has 1 aromatic rings. The topological polar surface area (TPSA) is 46.6 Å². The number of nitrogens with zero attached hydrogens (tertiary/aromatic N) is 1. The third-order valence-electron chi connectivity index (χ3n) is 2.94. The van der Waals surface area contributed by atoms with Crippen LogP contribution in [0.5, 0.6) is 0 Å². The highest BCUT2D eigenvalue weighted by Crippen LogP contribution is 2.22. The molecule has 1 aliphatic heterocycles. The van der Waals surface area contributed by atoms with Crippen molar-refractivity contribution in [3.05, 3.63) is 48.6 Å². The molecule has 0 spiro atoms. The van der Waals surface area contributed by atoms with E-state index in [4.69, 9.17) is 4.74 Å². The zero-order chi connectivity index (χ0) is 13.0. The molecule has 1 atom stereocenters. The van der Waals surface area contributed by atoms with Gasteiger partial charge in [-0.1, -0.05) is 43.0 Å². The van der Waals surface area contributed by atoms with Crippen LogP contribution >= 0.6 is 0 Å². The highest BCUT2D eigenvalue weighted by molar-refractivity contribution is 6.02. The van der Waals surface area contributed by atoms with Crippen LogP contribution in [0.15, 0.2) is 43.0 Å². The zero-order valence-electron chi connectivity index (χ0n) is 10.0. The Balaban J connectivity index is 2.00. The Morgan fingerprint density at radius 3 is 2.67 bits per heavy atom. The molecule has 0 saturated carbocycles. The van der Waals surface area contributed by atoms with E-state index in [2.05, 4.69) is 6.58 Å². The molecule has 0 aromatic heterocycles. The van der Waals surface area contributed by atoms with Crippen LogP contribution in [0.2, 0.25) is 0 Å². The number of carbonyl (C=O) groups excluding carboxylic acids is 2. The second-order valence-electron chi connectivity index (χ2n) is 4.09. The zero-order valence-corrected chi connectivity index (χ0v) is 10.0. The van der Waals surface area contributed by atoms with Gasteiger partial charge in [-0.3, -0.25) is 9.69 Å². The molecule has 4 nitrogen and oxygen atoms in total. The van der Waals surface area contributed by atoms with Crippen LogP contribution < -0.4 is 0 Å². The van der Waals surface area contributed by atoms with Gasteiger partial charge in [-0.25, -0.2) is 4.79 Å². The van der Waals surface area contributed by atoms with E-state index in [1.165, 1.54) is 11.0 Å². The summed E-state index contributed by atoms with van der Waals surface area (Å²) in [6.45, 7) is 4.21. The summed E-state index contributed by atoms with van der Waals surface area (Å²) in [6.07, 6.45) is 1.75. The van der Waals surface area contributed by atoms with Crippen molar-refractivity contribution in [1.82, 2.24) is 4.90 Å². The molecule has 1 aromatic carbocycles. The lowest BCUT2D eigenvalue weighted by Gasteiger charge is -2.38. The molecule has 4 heteroatoms. The number of carbonyl (C=O) groups is 2. The van der Waals surface area contributed by atoms with Crippen molar-refractivity contribution < 1.29 is 14.3 Å². The van der Waals surface area contributed by atoms with E-state index >= 15 is 0 Å². The Bertz CT molecular complexity index is 455. The average molecular weight is 245 g/mol.